The summed E-state index contributed by atoms with van der Waals surface area (Å²) in [4.78, 5) is 5.75. The molecular weight excluding hydrogens is 330 g/mol. The van der Waals surface area contributed by atoms with Crippen LogP contribution in [0, 0.1) is 5.92 Å². The van der Waals surface area contributed by atoms with Gasteiger partial charge in [0.15, 0.2) is 17.1 Å². The first kappa shape index (κ1) is 16.4. The topological polar surface area (TPSA) is 49.3 Å². The summed E-state index contributed by atoms with van der Waals surface area (Å²) in [5.41, 5.74) is 1.81. The third-order valence-electron chi connectivity index (χ3n) is 5.95. The van der Waals surface area contributed by atoms with E-state index in [0.29, 0.717) is 12.7 Å². The third kappa shape index (κ3) is 3.41. The average molecular weight is 357 g/mol. The Morgan fingerprint density at radius 1 is 1.12 bits per heavy atom. The maximum absolute atomic E-state index is 6.33. The first-order valence-electron chi connectivity index (χ1n) is 10.1. The Kier molecular flexibility index (Phi) is 4.27. The number of nitrogens with zero attached hydrogens (tertiary/aromatic N) is 1. The Bertz CT molecular complexity index is 685. The number of hydrogen-bond donors (Lipinski definition) is 0. The van der Waals surface area contributed by atoms with Crippen LogP contribution in [-0.4, -0.2) is 37.2 Å². The number of oxime groups is 1. The highest BCUT2D eigenvalue weighted by Gasteiger charge is 2.43. The highest BCUT2D eigenvalue weighted by atomic mass is 16.7. The van der Waals surface area contributed by atoms with E-state index in [0.717, 1.165) is 67.6 Å². The summed E-state index contributed by atoms with van der Waals surface area (Å²) < 4.78 is 17.9. The fourth-order valence-electron chi connectivity index (χ4n) is 4.05. The Hall–Kier alpha value is -1.75. The number of hydrogen-bond acceptors (Lipinski definition) is 5. The first-order chi connectivity index (χ1) is 12.8. The van der Waals surface area contributed by atoms with Crippen LogP contribution in [0.4, 0.5) is 0 Å². The van der Waals surface area contributed by atoms with Crippen LogP contribution < -0.4 is 9.47 Å². The van der Waals surface area contributed by atoms with Crippen molar-refractivity contribution in [3.63, 3.8) is 0 Å². The van der Waals surface area contributed by atoms with Crippen molar-refractivity contribution in [2.45, 2.75) is 63.1 Å². The van der Waals surface area contributed by atoms with Gasteiger partial charge in [0.25, 0.3) is 0 Å². The Balaban J connectivity index is 1.35. The van der Waals surface area contributed by atoms with Gasteiger partial charge in [0.05, 0.1) is 31.6 Å². The molecule has 1 atom stereocenters. The molecule has 5 nitrogen and oxygen atoms in total. The van der Waals surface area contributed by atoms with E-state index in [9.17, 15) is 0 Å². The van der Waals surface area contributed by atoms with E-state index in [2.05, 4.69) is 17.3 Å². The van der Waals surface area contributed by atoms with Crippen LogP contribution in [0.1, 0.15) is 56.9 Å². The zero-order valence-corrected chi connectivity index (χ0v) is 15.2. The molecule has 3 fully saturated rings. The third-order valence-corrected chi connectivity index (χ3v) is 5.95. The Morgan fingerprint density at radius 3 is 2.77 bits per heavy atom. The second kappa shape index (κ2) is 6.76. The van der Waals surface area contributed by atoms with Gasteiger partial charge in [-0.25, -0.2) is 0 Å². The zero-order valence-electron chi connectivity index (χ0n) is 15.2. The van der Waals surface area contributed by atoms with E-state index in [-0.39, 0.29) is 5.60 Å². The van der Waals surface area contributed by atoms with Crippen LogP contribution >= 0.6 is 0 Å². The summed E-state index contributed by atoms with van der Waals surface area (Å²) in [6.07, 6.45) is 9.38. The largest absolute Gasteiger partial charge is 0.489 e. The lowest BCUT2D eigenvalue weighted by Gasteiger charge is -2.19. The summed E-state index contributed by atoms with van der Waals surface area (Å²) >= 11 is 0. The van der Waals surface area contributed by atoms with Gasteiger partial charge in [0.1, 0.15) is 0 Å². The Morgan fingerprint density at radius 2 is 2.00 bits per heavy atom. The van der Waals surface area contributed by atoms with Crippen LogP contribution in [0.15, 0.2) is 23.4 Å². The summed E-state index contributed by atoms with van der Waals surface area (Å²) in [6.45, 7) is 2.19. The molecule has 1 saturated heterocycles. The minimum absolute atomic E-state index is 0.247. The van der Waals surface area contributed by atoms with Crippen molar-refractivity contribution in [3.05, 3.63) is 23.8 Å². The molecule has 1 aromatic carbocycles. The molecule has 2 aliphatic carbocycles. The lowest BCUT2D eigenvalue weighted by molar-refractivity contribution is -0.0237. The maximum atomic E-state index is 6.33. The molecule has 0 radical (unpaired) electrons. The van der Waals surface area contributed by atoms with Gasteiger partial charge in [-0.3, -0.25) is 0 Å². The molecule has 2 saturated carbocycles. The van der Waals surface area contributed by atoms with Crippen LogP contribution in [0.2, 0.25) is 0 Å². The predicted octanol–water partition coefficient (Wildman–Crippen LogP) is 4.08. The predicted molar refractivity (Wildman–Crippen MR) is 98.0 cm³/mol. The monoisotopic (exact) mass is 357 g/mol. The molecule has 1 aromatic rings. The van der Waals surface area contributed by atoms with Crippen molar-refractivity contribution in [2.24, 2.45) is 11.1 Å². The van der Waals surface area contributed by atoms with E-state index in [1.54, 1.807) is 0 Å². The van der Waals surface area contributed by atoms with Crippen LogP contribution in [-0.2, 0) is 9.57 Å². The fraction of sp³-hybridized carbons (Fsp3) is 0.667. The maximum Gasteiger partial charge on any atom is 0.168 e. The average Bonchev–Trinajstić information content (AvgIpc) is 3.06. The standard InChI is InChI=1S/C21H27NO4/c1-2-4-17(3-1)25-20-11-16(7-8-19(20)24-13-15-5-6-15)18-12-21(26-22-18)9-10-23-14-21/h7-8,11,15,17H,1-6,9-10,12-14H2. The summed E-state index contributed by atoms with van der Waals surface area (Å²) in [5, 5.41) is 4.37. The summed E-state index contributed by atoms with van der Waals surface area (Å²) in [6, 6.07) is 6.22. The number of rotatable bonds is 6. The van der Waals surface area contributed by atoms with Crippen molar-refractivity contribution in [1.82, 2.24) is 0 Å². The molecule has 26 heavy (non-hydrogen) atoms. The van der Waals surface area contributed by atoms with Gasteiger partial charge in [-0.1, -0.05) is 5.16 Å². The molecule has 1 spiro atoms. The van der Waals surface area contributed by atoms with Crippen molar-refractivity contribution >= 4 is 5.71 Å². The van der Waals surface area contributed by atoms with Crippen molar-refractivity contribution < 1.29 is 19.0 Å². The Labute approximate surface area is 154 Å². The van der Waals surface area contributed by atoms with Gasteiger partial charge < -0.3 is 19.0 Å². The molecule has 5 rings (SSSR count). The van der Waals surface area contributed by atoms with Crippen molar-refractivity contribution in [3.8, 4) is 11.5 Å². The minimum Gasteiger partial charge on any atom is -0.489 e. The van der Waals surface area contributed by atoms with Crippen LogP contribution in [0.3, 0.4) is 0 Å². The van der Waals surface area contributed by atoms with E-state index >= 15 is 0 Å². The zero-order chi connectivity index (χ0) is 17.4. The van der Waals surface area contributed by atoms with E-state index in [4.69, 9.17) is 19.0 Å². The van der Waals surface area contributed by atoms with Gasteiger partial charge in [0, 0.05) is 18.4 Å². The first-order valence-corrected chi connectivity index (χ1v) is 10.1. The number of ether oxygens (including phenoxy) is 3. The summed E-state index contributed by atoms with van der Waals surface area (Å²) in [7, 11) is 0. The highest BCUT2D eigenvalue weighted by Crippen LogP contribution is 2.38. The van der Waals surface area contributed by atoms with E-state index in [1.807, 2.05) is 6.07 Å². The molecule has 0 N–H and O–H groups in total. The number of benzene rings is 1. The second-order valence-corrected chi connectivity index (χ2v) is 8.23. The molecule has 2 heterocycles. The molecule has 0 bridgehead atoms. The summed E-state index contributed by atoms with van der Waals surface area (Å²) in [5.74, 6) is 2.45. The van der Waals surface area contributed by atoms with Crippen molar-refractivity contribution in [1.29, 1.82) is 0 Å². The lowest BCUT2D eigenvalue weighted by atomic mass is 9.93. The van der Waals surface area contributed by atoms with Gasteiger partial charge in [-0.05, 0) is 62.6 Å². The molecule has 1 unspecified atom stereocenters. The molecule has 140 valence electrons. The minimum atomic E-state index is -0.247. The van der Waals surface area contributed by atoms with Crippen LogP contribution in [0.25, 0.3) is 0 Å². The molecule has 2 aliphatic heterocycles. The highest BCUT2D eigenvalue weighted by molar-refractivity contribution is 6.02. The van der Waals surface area contributed by atoms with Gasteiger partial charge >= 0.3 is 0 Å². The lowest BCUT2D eigenvalue weighted by Crippen LogP contribution is -2.29. The van der Waals surface area contributed by atoms with E-state index in [1.165, 1.54) is 25.7 Å². The normalized spacial score (nSPS) is 28.4. The van der Waals surface area contributed by atoms with Gasteiger partial charge in [-0.2, -0.15) is 0 Å². The van der Waals surface area contributed by atoms with E-state index < -0.39 is 0 Å². The molecule has 4 aliphatic rings. The SMILES string of the molecule is c1cc(OCC2CC2)c(OC2CCCC2)cc1C1=NOC2(CCOC2)C1. The van der Waals surface area contributed by atoms with Crippen LogP contribution in [0.5, 0.6) is 11.5 Å². The molecular formula is C21H27NO4. The smallest absolute Gasteiger partial charge is 0.168 e. The molecule has 0 aromatic heterocycles. The fourth-order valence-corrected chi connectivity index (χ4v) is 4.05. The molecule has 5 heteroatoms. The van der Waals surface area contributed by atoms with Crippen molar-refractivity contribution in [2.75, 3.05) is 19.8 Å². The van der Waals surface area contributed by atoms with Gasteiger partial charge in [0.2, 0.25) is 0 Å². The quantitative estimate of drug-likeness (QED) is 0.770. The second-order valence-electron chi connectivity index (χ2n) is 8.23. The van der Waals surface area contributed by atoms with Gasteiger partial charge in [-0.15, -0.1) is 0 Å². The molecule has 0 amide bonds.